The fourth-order valence-electron chi connectivity index (χ4n) is 1.43. The van der Waals surface area contributed by atoms with Crippen LogP contribution in [0.5, 0.6) is 0 Å². The number of hydrogen-bond donors (Lipinski definition) is 2. The Hall–Kier alpha value is -2.01. The number of nitrogens with zero attached hydrogens (tertiary/aromatic N) is 2. The number of carbonyl (C=O) groups excluding carboxylic acids is 1. The number of anilines is 1. The second-order valence-corrected chi connectivity index (χ2v) is 4.08. The predicted octanol–water partition coefficient (Wildman–Crippen LogP) is 1.52. The van der Waals surface area contributed by atoms with Gasteiger partial charge in [-0.2, -0.15) is 0 Å². The number of aromatic nitrogens is 2. The zero-order valence-electron chi connectivity index (χ0n) is 9.14. The van der Waals surface area contributed by atoms with E-state index in [1.54, 1.807) is 6.07 Å². The molecular weight excluding hydrogens is 240 g/mol. The summed E-state index contributed by atoms with van der Waals surface area (Å²) in [6.45, 7) is 1.90. The Morgan fingerprint density at radius 1 is 1.47 bits per heavy atom. The highest BCUT2D eigenvalue weighted by atomic mass is 35.5. The zero-order chi connectivity index (χ0) is 12.6. The van der Waals surface area contributed by atoms with Crippen LogP contribution in [0.1, 0.15) is 15.9 Å². The van der Waals surface area contributed by atoms with E-state index in [1.807, 2.05) is 19.1 Å². The first-order valence-corrected chi connectivity index (χ1v) is 5.28. The van der Waals surface area contributed by atoms with Crippen LogP contribution in [0.25, 0.3) is 5.69 Å². The quantitative estimate of drug-likeness (QED) is 0.847. The maximum Gasteiger partial charge on any atom is 0.254 e. The van der Waals surface area contributed by atoms with Gasteiger partial charge in [0.25, 0.3) is 5.91 Å². The van der Waals surface area contributed by atoms with Crippen LogP contribution in [0.4, 0.5) is 5.82 Å². The molecule has 0 bridgehead atoms. The fourth-order valence-corrected chi connectivity index (χ4v) is 1.61. The van der Waals surface area contributed by atoms with Gasteiger partial charge in [-0.3, -0.25) is 4.79 Å². The zero-order valence-corrected chi connectivity index (χ0v) is 9.90. The summed E-state index contributed by atoms with van der Waals surface area (Å²) >= 11 is 6.01. The first-order valence-electron chi connectivity index (χ1n) is 4.90. The molecule has 0 aliphatic heterocycles. The van der Waals surface area contributed by atoms with Gasteiger partial charge in [0.1, 0.15) is 5.56 Å². The average Bonchev–Trinajstić information content (AvgIpc) is 2.64. The van der Waals surface area contributed by atoms with Crippen molar-refractivity contribution in [2.45, 2.75) is 6.92 Å². The molecule has 1 amide bonds. The maximum absolute atomic E-state index is 11.1. The van der Waals surface area contributed by atoms with Crippen LogP contribution < -0.4 is 11.5 Å². The summed E-state index contributed by atoms with van der Waals surface area (Å²) in [6.07, 6.45) is 1.48. The molecule has 0 radical (unpaired) electrons. The molecule has 0 atom stereocenters. The molecule has 1 aromatic carbocycles. The van der Waals surface area contributed by atoms with Crippen LogP contribution in [0.3, 0.4) is 0 Å². The lowest BCUT2D eigenvalue weighted by molar-refractivity contribution is 0.100. The third kappa shape index (κ3) is 2.09. The van der Waals surface area contributed by atoms with E-state index in [0.717, 1.165) is 11.3 Å². The van der Waals surface area contributed by atoms with Crippen molar-refractivity contribution >= 4 is 23.3 Å². The smallest absolute Gasteiger partial charge is 0.254 e. The van der Waals surface area contributed by atoms with Crippen LogP contribution in [-0.2, 0) is 0 Å². The molecule has 88 valence electrons. The van der Waals surface area contributed by atoms with Gasteiger partial charge in [-0.15, -0.1) is 5.10 Å². The Balaban J connectivity index is 2.50. The Labute approximate surface area is 103 Å². The number of halogens is 1. The van der Waals surface area contributed by atoms with Crippen molar-refractivity contribution in [2.24, 2.45) is 5.73 Å². The molecule has 1 aromatic heterocycles. The van der Waals surface area contributed by atoms with Crippen LogP contribution >= 0.6 is 11.6 Å². The minimum absolute atomic E-state index is 0.106. The molecule has 0 fully saturated rings. The second kappa shape index (κ2) is 4.10. The van der Waals surface area contributed by atoms with Crippen molar-refractivity contribution < 1.29 is 4.79 Å². The normalized spacial score (nSPS) is 10.5. The molecule has 0 spiro atoms. The molecule has 0 aliphatic carbocycles. The van der Waals surface area contributed by atoms with Crippen molar-refractivity contribution in [3.8, 4) is 5.69 Å². The largest absolute Gasteiger partial charge is 0.382 e. The van der Waals surface area contributed by atoms with E-state index in [0.29, 0.717) is 5.02 Å². The van der Waals surface area contributed by atoms with Gasteiger partial charge in [0.15, 0.2) is 5.82 Å². The number of rotatable bonds is 2. The Morgan fingerprint density at radius 3 is 2.71 bits per heavy atom. The van der Waals surface area contributed by atoms with E-state index >= 15 is 0 Å². The van der Waals surface area contributed by atoms with E-state index < -0.39 is 5.91 Å². The standard InChI is InChI=1S/C11H11ClN4O/c1-6-2-3-7(4-9(6)12)16-5-8(11(14)17)10(13)15-16/h2-5H,1H3,(H2,13,15)(H2,14,17). The average molecular weight is 251 g/mol. The number of amides is 1. The number of nitrogens with two attached hydrogens (primary N) is 2. The maximum atomic E-state index is 11.1. The molecule has 6 heteroatoms. The van der Waals surface area contributed by atoms with Gasteiger partial charge in [0, 0.05) is 11.2 Å². The summed E-state index contributed by atoms with van der Waals surface area (Å²) in [7, 11) is 0. The van der Waals surface area contributed by atoms with Crippen LogP contribution in [0.15, 0.2) is 24.4 Å². The molecule has 0 aliphatic rings. The monoisotopic (exact) mass is 250 g/mol. The Kier molecular flexibility index (Phi) is 2.77. The molecule has 17 heavy (non-hydrogen) atoms. The molecule has 1 heterocycles. The highest BCUT2D eigenvalue weighted by molar-refractivity contribution is 6.31. The van der Waals surface area contributed by atoms with Gasteiger partial charge >= 0.3 is 0 Å². The molecule has 4 N–H and O–H groups in total. The van der Waals surface area contributed by atoms with Crippen molar-refractivity contribution in [1.82, 2.24) is 9.78 Å². The minimum atomic E-state index is -0.605. The number of aryl methyl sites for hydroxylation is 1. The fraction of sp³-hybridized carbons (Fsp3) is 0.0909. The van der Waals surface area contributed by atoms with Gasteiger partial charge in [-0.25, -0.2) is 4.68 Å². The Morgan fingerprint density at radius 2 is 2.18 bits per heavy atom. The summed E-state index contributed by atoms with van der Waals surface area (Å²) < 4.78 is 1.47. The molecule has 0 saturated heterocycles. The van der Waals surface area contributed by atoms with Crippen molar-refractivity contribution in [3.63, 3.8) is 0 Å². The van der Waals surface area contributed by atoms with Gasteiger partial charge in [0.05, 0.1) is 5.69 Å². The van der Waals surface area contributed by atoms with Crippen LogP contribution in [0.2, 0.25) is 5.02 Å². The summed E-state index contributed by atoms with van der Waals surface area (Å²) in [6, 6.07) is 5.44. The van der Waals surface area contributed by atoms with Crippen molar-refractivity contribution in [2.75, 3.05) is 5.73 Å². The first-order chi connectivity index (χ1) is 7.99. The molecular formula is C11H11ClN4O. The number of hydrogen-bond acceptors (Lipinski definition) is 3. The van der Waals surface area contributed by atoms with Crippen LogP contribution in [0, 0.1) is 6.92 Å². The van der Waals surface area contributed by atoms with Crippen molar-refractivity contribution in [3.05, 3.63) is 40.5 Å². The lowest BCUT2D eigenvalue weighted by Crippen LogP contribution is -2.11. The number of primary amides is 1. The lowest BCUT2D eigenvalue weighted by atomic mass is 10.2. The third-order valence-corrected chi connectivity index (χ3v) is 2.84. The summed E-state index contributed by atoms with van der Waals surface area (Å²) in [4.78, 5) is 11.1. The topological polar surface area (TPSA) is 86.9 Å². The van der Waals surface area contributed by atoms with Gasteiger partial charge in [0.2, 0.25) is 0 Å². The van der Waals surface area contributed by atoms with Gasteiger partial charge < -0.3 is 11.5 Å². The summed E-state index contributed by atoms with van der Waals surface area (Å²) in [5.41, 5.74) is 12.6. The Bertz CT molecular complexity index is 591. The number of carbonyl (C=O) groups is 1. The minimum Gasteiger partial charge on any atom is -0.382 e. The highest BCUT2D eigenvalue weighted by Crippen LogP contribution is 2.20. The van der Waals surface area contributed by atoms with E-state index in [9.17, 15) is 4.79 Å². The van der Waals surface area contributed by atoms with Crippen molar-refractivity contribution in [1.29, 1.82) is 0 Å². The van der Waals surface area contributed by atoms with E-state index in [2.05, 4.69) is 5.10 Å². The first kappa shape index (κ1) is 11.5. The molecule has 0 unspecified atom stereocenters. The van der Waals surface area contributed by atoms with Gasteiger partial charge in [-0.1, -0.05) is 17.7 Å². The van der Waals surface area contributed by atoms with E-state index in [-0.39, 0.29) is 11.4 Å². The molecule has 5 nitrogen and oxygen atoms in total. The van der Waals surface area contributed by atoms with E-state index in [1.165, 1.54) is 10.9 Å². The number of nitrogen functional groups attached to an aromatic ring is 1. The second-order valence-electron chi connectivity index (χ2n) is 3.67. The van der Waals surface area contributed by atoms with E-state index in [4.69, 9.17) is 23.1 Å². The summed E-state index contributed by atoms with van der Waals surface area (Å²) in [5.74, 6) is -0.499. The van der Waals surface area contributed by atoms with Crippen LogP contribution in [-0.4, -0.2) is 15.7 Å². The third-order valence-electron chi connectivity index (χ3n) is 2.43. The SMILES string of the molecule is Cc1ccc(-n2cc(C(N)=O)c(N)n2)cc1Cl. The molecule has 0 saturated carbocycles. The highest BCUT2D eigenvalue weighted by Gasteiger charge is 2.12. The summed E-state index contributed by atoms with van der Waals surface area (Å²) in [5, 5.41) is 4.63. The molecule has 2 rings (SSSR count). The van der Waals surface area contributed by atoms with Gasteiger partial charge in [-0.05, 0) is 24.6 Å². The number of benzene rings is 1. The predicted molar refractivity (Wildman–Crippen MR) is 66.2 cm³/mol. The lowest BCUT2D eigenvalue weighted by Gasteiger charge is -2.03. The molecule has 2 aromatic rings.